The molecule has 65 nitrogen and oxygen atoms in total. The Morgan fingerprint density at radius 2 is 0.467 bits per heavy atom. The van der Waals surface area contributed by atoms with Gasteiger partial charge in [-0.05, 0) is 31.2 Å². The van der Waals surface area contributed by atoms with Crippen molar-refractivity contribution in [3.05, 3.63) is 10.4 Å². The predicted molar refractivity (Wildman–Crippen MR) is 359 cm³/mol. The Balaban J connectivity index is -0.00000155. The second kappa shape index (κ2) is 76.6. The molecule has 4 fully saturated rings. The van der Waals surface area contributed by atoms with Crippen molar-refractivity contribution in [3.63, 3.8) is 0 Å². The van der Waals surface area contributed by atoms with Gasteiger partial charge in [0.1, 0.15) is 73.2 Å². The Labute approximate surface area is 1080 Å². The normalized spacial score (nSPS) is 25.7. The van der Waals surface area contributed by atoms with Crippen LogP contribution in [-0.4, -0.2) is 343 Å². The van der Waals surface area contributed by atoms with Crippen LogP contribution < -0.4 is 390 Å². The van der Waals surface area contributed by atoms with Crippen LogP contribution in [-0.2, 0) is 232 Å². The van der Waals surface area contributed by atoms with E-state index in [-0.39, 0.29) is 403 Å². The minimum atomic E-state index is -7.13. The first-order valence-corrected chi connectivity index (χ1v) is 51.4. The first-order chi connectivity index (χ1) is 56.5. The van der Waals surface area contributed by atoms with Gasteiger partial charge in [-0.25, -0.2) is 109 Å². The van der Waals surface area contributed by atoms with Gasteiger partial charge in [-0.15, -0.1) is 0 Å². The van der Waals surface area contributed by atoms with Crippen LogP contribution in [0.15, 0.2) is 5.11 Å². The molecule has 0 aromatic rings. The maximum atomic E-state index is 12.9. The molecule has 0 aliphatic carbocycles. The molecule has 0 radical (unpaired) electrons. The zero-order chi connectivity index (χ0) is 94.3. The van der Waals surface area contributed by atoms with Gasteiger partial charge in [0.25, 0.3) is 0 Å². The van der Waals surface area contributed by atoms with Crippen LogP contribution in [0.2, 0.25) is 0 Å². The van der Waals surface area contributed by atoms with Crippen molar-refractivity contribution in [1.82, 2.24) is 5.32 Å². The fourth-order valence-corrected chi connectivity index (χ4v) is 17.4. The van der Waals surface area contributed by atoms with Crippen molar-refractivity contribution in [2.75, 3.05) is 46.1 Å². The Bertz CT molecular complexity index is 5150. The summed E-state index contributed by atoms with van der Waals surface area (Å²) < 4.78 is 576. The molecular formula is C46H71N4Na13O61S13. The molecule has 20 atom stereocenters. The van der Waals surface area contributed by atoms with Crippen LogP contribution >= 0.6 is 0 Å². The minimum Gasteiger partial charge on any atom is -0.726 e. The third-order valence-electron chi connectivity index (χ3n) is 16.2. The molecule has 1 amide bonds. The third kappa shape index (κ3) is 75.5. The van der Waals surface area contributed by atoms with E-state index in [1.807, 2.05) is 0 Å². The van der Waals surface area contributed by atoms with Gasteiger partial charge in [-0.3, -0.25) is 59.2 Å². The molecule has 1 N–H and O–H groups in total. The zero-order valence-electron chi connectivity index (χ0n) is 74.8. The van der Waals surface area contributed by atoms with E-state index >= 15 is 0 Å². The molecule has 0 saturated carbocycles. The van der Waals surface area contributed by atoms with Gasteiger partial charge >= 0.3 is 384 Å². The van der Waals surface area contributed by atoms with E-state index in [0.29, 0.717) is 70.9 Å². The van der Waals surface area contributed by atoms with E-state index < -0.39 is 291 Å². The molecule has 137 heavy (non-hydrogen) atoms. The van der Waals surface area contributed by atoms with Crippen LogP contribution in [0.3, 0.4) is 0 Å². The average molecular weight is 2370 g/mol. The van der Waals surface area contributed by atoms with Crippen LogP contribution in [0.5, 0.6) is 0 Å². The number of nitrogens with zero attached hydrogens (tertiary/aromatic N) is 3. The van der Waals surface area contributed by atoms with Crippen molar-refractivity contribution in [3.8, 4) is 0 Å². The average Bonchev–Trinajstić information content (AvgIpc) is 0.748. The van der Waals surface area contributed by atoms with Gasteiger partial charge in [0.15, 0.2) is 49.6 Å². The number of amides is 1. The topological polar surface area (TPSA) is 1020 Å². The van der Waals surface area contributed by atoms with Crippen molar-refractivity contribution < 1.29 is 650 Å². The summed E-state index contributed by atoms with van der Waals surface area (Å²) in [4.78, 5) is 15.0. The third-order valence-corrected chi connectivity index (χ3v) is 22.0. The number of rotatable bonds is 60. The number of ether oxygens (including phenoxy) is 8. The molecule has 4 heterocycles. The number of nitrogens with one attached hydrogen (secondary N) is 1. The summed E-state index contributed by atoms with van der Waals surface area (Å²) in [5, 5.41) is 6.32. The van der Waals surface area contributed by atoms with Crippen molar-refractivity contribution in [2.45, 2.75) is 238 Å². The van der Waals surface area contributed by atoms with Crippen LogP contribution in [0.25, 0.3) is 10.4 Å². The SMILES string of the molecule is [N-]=[N+]=NCCCCCCCCCCC(=O)NCCCCCCCCCCCO[C@@H]1O[C@H](COS(=O)(=O)[O-])[C@@H](O[C@H]2O[C@H](COS(=O)(=O)[O-])[C@@H](O[C@H]3O[C@H](COS(=O)(=O)[O-])[C@@H](O[C@H]4O[C@H](COS(=O)(=O)[O-])[C@@H](OS(=O)(=O)[O-])[C@H](OS(=O)(=O)[O-])[C@H]4OS(=O)(=O)[O-])[C@H](OS(=O)(=O)[O-])[C@H]3OS(=O)(=O)[O-])[C@H](OS(=O)(=O)[O-])[C@H]2OS(=O)(=O)[O-])[C@H](OS(=O)(=O)[O-])[C@H]1OS(=O)(=O)[O-].[Na+].[Na+].[Na+].[Na+].[Na+].[Na+].[Na+].[Na+].[Na+].[Na+].[Na+].[Na+].[Na+]. The first-order valence-electron chi connectivity index (χ1n) is 34.1. The van der Waals surface area contributed by atoms with E-state index in [0.717, 1.165) is 44.9 Å². The number of carbonyl (C=O) groups excluding carboxylic acids is 1. The molecule has 91 heteroatoms. The molecule has 4 aliphatic heterocycles. The summed E-state index contributed by atoms with van der Waals surface area (Å²) in [6.07, 6.45) is -62.8. The van der Waals surface area contributed by atoms with E-state index in [9.17, 15) is 173 Å². The van der Waals surface area contributed by atoms with Gasteiger partial charge in [-0.1, -0.05) is 88.6 Å². The molecule has 0 aromatic heterocycles. The van der Waals surface area contributed by atoms with E-state index in [4.69, 9.17) is 43.4 Å². The van der Waals surface area contributed by atoms with Gasteiger partial charge in [-0.2, -0.15) is 0 Å². The number of carbonyl (C=O) groups is 1. The van der Waals surface area contributed by atoms with Crippen molar-refractivity contribution in [1.29, 1.82) is 0 Å². The van der Waals surface area contributed by atoms with Gasteiger partial charge in [0.05, 0.1) is 26.4 Å². The maximum Gasteiger partial charge on any atom is 1.00 e. The molecule has 4 rings (SSSR count). The summed E-state index contributed by atoms with van der Waals surface area (Å²) in [6.45, 7) is -9.54. The fraction of sp³-hybridized carbons (Fsp3) is 0.978. The van der Waals surface area contributed by atoms with Crippen LogP contribution in [0, 0.1) is 0 Å². The van der Waals surface area contributed by atoms with Crippen LogP contribution in [0.1, 0.15) is 116 Å². The summed E-state index contributed by atoms with van der Waals surface area (Å²) in [6, 6.07) is 0. The van der Waals surface area contributed by atoms with Crippen molar-refractivity contribution >= 4 is 141 Å². The van der Waals surface area contributed by atoms with Gasteiger partial charge in [0, 0.05) is 31.0 Å². The Morgan fingerprint density at radius 3 is 0.723 bits per heavy atom. The maximum absolute atomic E-state index is 12.9. The number of azide groups is 1. The molecule has 732 valence electrons. The molecule has 0 unspecified atom stereocenters. The summed E-state index contributed by atoms with van der Waals surface area (Å²) in [5.74, 6) is -0.117. The molecule has 0 aromatic carbocycles. The summed E-state index contributed by atoms with van der Waals surface area (Å²) >= 11 is 0. The Kier molecular flexibility index (Phi) is 93.2. The standard InChI is InChI=1S/C46H84N4O61S13.13Na/c47-50-49-20-16-12-8-4-2-6-10-14-18-30(51)48-19-15-11-7-3-1-5-9-13-17-21-91-43-39(108-121(79,80)81)35(104-117(67,68)69)31(26(96-43)22-92-112(52,53)54)100-44-40(109-122(82,83)84)36(105-118(70,71)72)32(27(97-44)23-93-113(55,56)57)101-45-41(110-123(85,86)87)37(106-119(73,74)75)33(28(98-45)24-94-114(58,59)60)102-46-42(111-124(88,89)90)38(107-120(76,77)78)34(103-116(64,65)66)29(99-46)25-95-115(61,62)63;;;;;;;;;;;;;/h26-29,31-46H,1-25H2,(H,48,51)(H,52,53,54)(H,55,56,57)(H,58,59,60)(H,61,62,63)(H,64,65,66)(H,67,68,69)(H,70,71,72)(H,73,74,75)(H,76,77,78)(H,79,80,81)(H,82,83,84)(H,85,86,87)(H,88,89,90);;;;;;;;;;;;;/q;13*+1/p-13/t26-,27-,28-,29-,31-,32-,33-,34-,35+,36+,37+,38+,39-,40-,41-,42-,43-,44-,45-,46-;;;;;;;;;;;;;/m1............./s1. The van der Waals surface area contributed by atoms with E-state index in [2.05, 4.69) is 69.7 Å². The molecule has 0 spiro atoms. The smallest absolute Gasteiger partial charge is 0.726 e. The zero-order valence-corrected chi connectivity index (χ0v) is 111. The van der Waals surface area contributed by atoms with Crippen LogP contribution in [0.4, 0.5) is 0 Å². The first kappa shape index (κ1) is 167. The number of unbranched alkanes of at least 4 members (excludes halogenated alkanes) is 15. The van der Waals surface area contributed by atoms with E-state index in [1.165, 1.54) is 0 Å². The second-order valence-electron chi connectivity index (χ2n) is 25.4. The molecule has 4 aliphatic rings. The van der Waals surface area contributed by atoms with Gasteiger partial charge in [0.2, 0.25) is 141 Å². The number of hydrogen-bond donors (Lipinski definition) is 1. The quantitative estimate of drug-likeness (QED) is 0.0112. The summed E-state index contributed by atoms with van der Waals surface area (Å²) in [7, 11) is -87.9. The van der Waals surface area contributed by atoms with Gasteiger partial charge < -0.3 is 102 Å². The van der Waals surface area contributed by atoms with Crippen molar-refractivity contribution in [2.24, 2.45) is 5.11 Å². The molecular weight excluding hydrogens is 2300 g/mol. The Hall–Kier alpha value is 9.77. The second-order valence-corrected chi connectivity index (χ2v) is 38.7. The summed E-state index contributed by atoms with van der Waals surface area (Å²) in [5.41, 5.74) is 8.33. The predicted octanol–water partition coefficient (Wildman–Crippen LogP) is -47.9. The van der Waals surface area contributed by atoms with E-state index in [1.54, 1.807) is 0 Å². The monoisotopic (exact) mass is 2370 g/mol. The minimum absolute atomic E-state index is 0. The molecule has 4 saturated heterocycles. The largest absolute Gasteiger partial charge is 1.00 e. The fourth-order valence-electron chi connectivity index (χ4n) is 11.8. The molecule has 0 bridgehead atoms. The number of hydrogen-bond acceptors (Lipinski definition) is 62. The Morgan fingerprint density at radius 1 is 0.263 bits per heavy atom.